The maximum atomic E-state index is 12.7. The second kappa shape index (κ2) is 6.66. The molecule has 1 heterocycles. The molecule has 3 N–H and O–H groups in total. The van der Waals surface area contributed by atoms with Gasteiger partial charge in [0.25, 0.3) is 0 Å². The first-order valence-corrected chi connectivity index (χ1v) is 9.02. The zero-order valence-electron chi connectivity index (χ0n) is 14.9. The maximum Gasteiger partial charge on any atom is 0.319 e. The van der Waals surface area contributed by atoms with Gasteiger partial charge in [0.1, 0.15) is 6.33 Å². The maximum absolute atomic E-state index is 12.7. The number of carbonyl (C=O) groups excluding carboxylic acids is 1. The fraction of sp³-hybridized carbons (Fsp3) is 0.0455. The van der Waals surface area contributed by atoms with Crippen molar-refractivity contribution in [3.63, 3.8) is 0 Å². The molecule has 1 aliphatic carbocycles. The van der Waals surface area contributed by atoms with E-state index in [9.17, 15) is 4.79 Å². The van der Waals surface area contributed by atoms with E-state index in [2.05, 4.69) is 50.1 Å². The molecule has 6 nitrogen and oxygen atoms in total. The summed E-state index contributed by atoms with van der Waals surface area (Å²) in [6.07, 6.45) is 1.52. The molecule has 2 amide bonds. The van der Waals surface area contributed by atoms with Crippen LogP contribution in [0.4, 0.5) is 10.5 Å². The van der Waals surface area contributed by atoms with Crippen molar-refractivity contribution in [3.05, 3.63) is 90.3 Å². The molecule has 0 atom stereocenters. The summed E-state index contributed by atoms with van der Waals surface area (Å²) in [4.78, 5) is 15.7. The number of benzene rings is 3. The van der Waals surface area contributed by atoms with Crippen molar-refractivity contribution in [1.29, 1.82) is 0 Å². The Morgan fingerprint density at radius 2 is 1.61 bits per heavy atom. The number of urea groups is 1. The summed E-state index contributed by atoms with van der Waals surface area (Å²) < 4.78 is 0. The quantitative estimate of drug-likeness (QED) is 0.503. The van der Waals surface area contributed by atoms with E-state index in [0.717, 1.165) is 27.8 Å². The number of anilines is 1. The molecule has 28 heavy (non-hydrogen) atoms. The number of amides is 2. The van der Waals surface area contributed by atoms with Crippen LogP contribution in [-0.2, 0) is 0 Å². The molecule has 136 valence electrons. The second-order valence-electron chi connectivity index (χ2n) is 6.62. The zero-order valence-corrected chi connectivity index (χ0v) is 14.9. The highest BCUT2D eigenvalue weighted by atomic mass is 16.2. The molecule has 0 fully saturated rings. The summed E-state index contributed by atoms with van der Waals surface area (Å²) in [5.74, 6) is 0.655. The number of rotatable bonds is 3. The first-order chi connectivity index (χ1) is 13.8. The van der Waals surface area contributed by atoms with Crippen LogP contribution in [-0.4, -0.2) is 21.2 Å². The standard InChI is InChI=1S/C22H17N5O/c28-22(25-15-7-5-6-14(12-15)21-23-13-24-27-21)26-20-18-10-3-1-8-16(18)17-9-2-4-11-19(17)20/h1-13,20H,(H,23,24,27)(H2,25,26,28). The Kier molecular flexibility index (Phi) is 3.87. The SMILES string of the molecule is O=C(Nc1cccc(-c2nnc[nH]2)c1)NC1c2ccccc2-c2ccccc21. The first-order valence-electron chi connectivity index (χ1n) is 9.02. The third-order valence-electron chi connectivity index (χ3n) is 4.92. The Labute approximate surface area is 161 Å². The molecule has 1 aliphatic rings. The van der Waals surface area contributed by atoms with Gasteiger partial charge in [0.2, 0.25) is 0 Å². The lowest BCUT2D eigenvalue weighted by Gasteiger charge is -2.16. The normalized spacial score (nSPS) is 12.3. The molecule has 3 aromatic carbocycles. The summed E-state index contributed by atoms with van der Waals surface area (Å²) in [6, 6.07) is 23.4. The van der Waals surface area contributed by atoms with Crippen molar-refractivity contribution >= 4 is 11.7 Å². The number of aromatic amines is 1. The summed E-state index contributed by atoms with van der Waals surface area (Å²) in [7, 11) is 0. The molecule has 0 aliphatic heterocycles. The molecular weight excluding hydrogens is 350 g/mol. The van der Waals surface area contributed by atoms with Gasteiger partial charge in [-0.15, -0.1) is 10.2 Å². The number of hydrogen-bond acceptors (Lipinski definition) is 3. The summed E-state index contributed by atoms with van der Waals surface area (Å²) in [5.41, 5.74) is 6.08. The van der Waals surface area contributed by atoms with Gasteiger partial charge in [0.15, 0.2) is 5.82 Å². The van der Waals surface area contributed by atoms with Crippen molar-refractivity contribution in [2.24, 2.45) is 0 Å². The van der Waals surface area contributed by atoms with Crippen LogP contribution in [0.25, 0.3) is 22.5 Å². The van der Waals surface area contributed by atoms with E-state index in [0.29, 0.717) is 11.5 Å². The zero-order chi connectivity index (χ0) is 18.9. The lowest BCUT2D eigenvalue weighted by Crippen LogP contribution is -2.32. The smallest absolute Gasteiger partial charge is 0.319 e. The topological polar surface area (TPSA) is 82.7 Å². The third-order valence-corrected chi connectivity index (χ3v) is 4.92. The minimum atomic E-state index is -0.258. The third kappa shape index (κ3) is 2.81. The molecule has 4 aromatic rings. The van der Waals surface area contributed by atoms with Crippen LogP contribution >= 0.6 is 0 Å². The summed E-state index contributed by atoms with van der Waals surface area (Å²) in [6.45, 7) is 0. The first kappa shape index (κ1) is 16.3. The molecule has 0 spiro atoms. The van der Waals surface area contributed by atoms with E-state index in [-0.39, 0.29) is 12.1 Å². The van der Waals surface area contributed by atoms with Gasteiger partial charge in [-0.1, -0.05) is 60.7 Å². The van der Waals surface area contributed by atoms with Gasteiger partial charge >= 0.3 is 6.03 Å². The van der Waals surface area contributed by atoms with E-state index >= 15 is 0 Å². The molecule has 0 saturated carbocycles. The fourth-order valence-corrected chi connectivity index (χ4v) is 3.70. The summed E-state index contributed by atoms with van der Waals surface area (Å²) >= 11 is 0. The number of fused-ring (bicyclic) bond motifs is 3. The van der Waals surface area contributed by atoms with E-state index in [1.54, 1.807) is 0 Å². The Balaban J connectivity index is 1.39. The molecule has 6 heteroatoms. The number of hydrogen-bond donors (Lipinski definition) is 3. The Morgan fingerprint density at radius 1 is 0.893 bits per heavy atom. The Morgan fingerprint density at radius 3 is 2.29 bits per heavy atom. The molecule has 5 rings (SSSR count). The predicted molar refractivity (Wildman–Crippen MR) is 108 cm³/mol. The van der Waals surface area contributed by atoms with Crippen LogP contribution in [0.2, 0.25) is 0 Å². The van der Waals surface area contributed by atoms with E-state index < -0.39 is 0 Å². The minimum absolute atomic E-state index is 0.176. The largest absolute Gasteiger partial charge is 0.328 e. The van der Waals surface area contributed by atoms with Crippen LogP contribution in [0.1, 0.15) is 17.2 Å². The molecular formula is C22H17N5O. The number of nitrogens with zero attached hydrogens (tertiary/aromatic N) is 2. The Bertz CT molecular complexity index is 1110. The summed E-state index contributed by atoms with van der Waals surface area (Å²) in [5, 5.41) is 13.8. The fourth-order valence-electron chi connectivity index (χ4n) is 3.70. The van der Waals surface area contributed by atoms with Crippen molar-refractivity contribution in [2.45, 2.75) is 6.04 Å². The molecule has 0 bridgehead atoms. The average molecular weight is 367 g/mol. The number of aromatic nitrogens is 3. The Hall–Kier alpha value is -3.93. The van der Waals surface area contributed by atoms with Gasteiger partial charge in [0, 0.05) is 11.3 Å². The lowest BCUT2D eigenvalue weighted by atomic mass is 10.1. The monoisotopic (exact) mass is 367 g/mol. The second-order valence-corrected chi connectivity index (χ2v) is 6.62. The van der Waals surface area contributed by atoms with Gasteiger partial charge in [-0.3, -0.25) is 0 Å². The highest BCUT2D eigenvalue weighted by molar-refractivity contribution is 5.92. The van der Waals surface area contributed by atoms with E-state index in [1.807, 2.05) is 48.5 Å². The van der Waals surface area contributed by atoms with Gasteiger partial charge in [-0.25, -0.2) is 4.79 Å². The van der Waals surface area contributed by atoms with Crippen LogP contribution in [0.5, 0.6) is 0 Å². The van der Waals surface area contributed by atoms with Gasteiger partial charge in [0.05, 0.1) is 6.04 Å². The van der Waals surface area contributed by atoms with Crippen LogP contribution in [0.15, 0.2) is 79.1 Å². The minimum Gasteiger partial charge on any atom is -0.328 e. The molecule has 0 unspecified atom stereocenters. The van der Waals surface area contributed by atoms with Crippen molar-refractivity contribution in [3.8, 4) is 22.5 Å². The van der Waals surface area contributed by atoms with Gasteiger partial charge in [-0.2, -0.15) is 0 Å². The number of nitrogens with one attached hydrogen (secondary N) is 3. The number of H-pyrrole nitrogens is 1. The average Bonchev–Trinajstić information content (AvgIpc) is 3.36. The van der Waals surface area contributed by atoms with E-state index in [1.165, 1.54) is 6.33 Å². The molecule has 0 saturated heterocycles. The number of carbonyl (C=O) groups is 1. The van der Waals surface area contributed by atoms with Crippen molar-refractivity contribution < 1.29 is 4.79 Å². The molecule has 1 aromatic heterocycles. The highest BCUT2D eigenvalue weighted by Gasteiger charge is 2.29. The van der Waals surface area contributed by atoms with E-state index in [4.69, 9.17) is 0 Å². The predicted octanol–water partition coefficient (Wildman–Crippen LogP) is 4.36. The van der Waals surface area contributed by atoms with Crippen LogP contribution < -0.4 is 10.6 Å². The van der Waals surface area contributed by atoms with Crippen LogP contribution in [0.3, 0.4) is 0 Å². The van der Waals surface area contributed by atoms with Gasteiger partial charge < -0.3 is 15.6 Å². The van der Waals surface area contributed by atoms with Crippen molar-refractivity contribution in [1.82, 2.24) is 20.5 Å². The van der Waals surface area contributed by atoms with Crippen LogP contribution in [0, 0.1) is 0 Å². The lowest BCUT2D eigenvalue weighted by molar-refractivity contribution is 0.250. The highest BCUT2D eigenvalue weighted by Crippen LogP contribution is 2.42. The molecule has 0 radical (unpaired) electrons. The van der Waals surface area contributed by atoms with Gasteiger partial charge in [-0.05, 0) is 34.4 Å². The van der Waals surface area contributed by atoms with Crippen molar-refractivity contribution in [2.75, 3.05) is 5.32 Å².